The van der Waals surface area contributed by atoms with E-state index in [0.29, 0.717) is 21.2 Å². The number of nitrogens with one attached hydrogen (secondary N) is 1. The predicted molar refractivity (Wildman–Crippen MR) is 111 cm³/mol. The van der Waals surface area contributed by atoms with Crippen LogP contribution < -0.4 is 11.1 Å². The molecule has 1 aliphatic heterocycles. The van der Waals surface area contributed by atoms with Gasteiger partial charge in [-0.05, 0) is 48.0 Å². The minimum atomic E-state index is -0.285. The van der Waals surface area contributed by atoms with Gasteiger partial charge in [0.1, 0.15) is 22.5 Å². The second-order valence-corrected chi connectivity index (χ2v) is 7.88. The fourth-order valence-electron chi connectivity index (χ4n) is 3.94. The van der Waals surface area contributed by atoms with Crippen molar-refractivity contribution < 1.29 is 4.39 Å². The number of benzene rings is 1. The van der Waals surface area contributed by atoms with Crippen LogP contribution in [0, 0.1) is 5.82 Å². The van der Waals surface area contributed by atoms with Crippen LogP contribution in [0.2, 0.25) is 0 Å². The molecule has 9 heteroatoms. The van der Waals surface area contributed by atoms with Gasteiger partial charge in [-0.15, -0.1) is 0 Å². The average molecular weight is 444 g/mol. The van der Waals surface area contributed by atoms with Gasteiger partial charge in [0.25, 0.3) is 0 Å². The molecule has 4 aromatic rings. The average Bonchev–Trinajstić information content (AvgIpc) is 3.39. The maximum absolute atomic E-state index is 14.4. The Balaban J connectivity index is 1.83. The molecule has 1 unspecified atom stereocenters. The Morgan fingerprint density at radius 2 is 2.18 bits per heavy atom. The van der Waals surface area contributed by atoms with Crippen LogP contribution in [0.25, 0.3) is 33.2 Å². The molecule has 1 saturated heterocycles. The third kappa shape index (κ3) is 2.68. The van der Waals surface area contributed by atoms with Crippen molar-refractivity contribution in [3.63, 3.8) is 0 Å². The smallest absolute Gasteiger partial charge is 0.221 e. The number of aromatic nitrogens is 5. The lowest BCUT2D eigenvalue weighted by molar-refractivity contribution is 0.563. The van der Waals surface area contributed by atoms with Gasteiger partial charge >= 0.3 is 0 Å². The highest BCUT2D eigenvalue weighted by atomic mass is 79.9. The molecule has 0 bridgehead atoms. The molecule has 3 aromatic heterocycles. The van der Waals surface area contributed by atoms with Crippen molar-refractivity contribution in [1.29, 1.82) is 0 Å². The van der Waals surface area contributed by atoms with Crippen LogP contribution in [0.3, 0.4) is 0 Å². The summed E-state index contributed by atoms with van der Waals surface area (Å²) < 4.78 is 18.7. The van der Waals surface area contributed by atoms with Crippen molar-refractivity contribution in [2.24, 2.45) is 0 Å². The Morgan fingerprint density at radius 3 is 2.93 bits per heavy atom. The first kappa shape index (κ1) is 17.6. The fourth-order valence-corrected chi connectivity index (χ4v) is 4.28. The molecule has 0 amide bonds. The van der Waals surface area contributed by atoms with Crippen LogP contribution in [0.5, 0.6) is 0 Å². The molecule has 1 atom stereocenters. The fraction of sp³-hybridized carbons (Fsp3) is 0.316. The summed E-state index contributed by atoms with van der Waals surface area (Å²) >= 11 is 3.32. The molecule has 28 heavy (non-hydrogen) atoms. The van der Waals surface area contributed by atoms with Gasteiger partial charge in [-0.2, -0.15) is 5.10 Å². The maximum atomic E-state index is 14.4. The van der Waals surface area contributed by atoms with Crippen molar-refractivity contribution in [2.75, 3.05) is 18.8 Å². The van der Waals surface area contributed by atoms with Crippen LogP contribution in [0.1, 0.15) is 19.4 Å². The number of nitrogens with zero attached hydrogens (tertiary/aromatic N) is 5. The van der Waals surface area contributed by atoms with Crippen molar-refractivity contribution >= 4 is 43.8 Å². The molecule has 0 spiro atoms. The zero-order chi connectivity index (χ0) is 19.4. The monoisotopic (exact) mass is 443 g/mol. The van der Waals surface area contributed by atoms with E-state index in [2.05, 4.69) is 40.9 Å². The van der Waals surface area contributed by atoms with Crippen LogP contribution in [-0.4, -0.2) is 37.4 Å². The Kier molecular flexibility index (Phi) is 4.09. The van der Waals surface area contributed by atoms with Crippen molar-refractivity contribution in [1.82, 2.24) is 29.6 Å². The van der Waals surface area contributed by atoms with Gasteiger partial charge < -0.3 is 15.6 Å². The first-order chi connectivity index (χ1) is 13.5. The minimum absolute atomic E-state index is 0.197. The highest BCUT2D eigenvalue weighted by Gasteiger charge is 2.24. The van der Waals surface area contributed by atoms with Crippen LogP contribution >= 0.6 is 15.9 Å². The number of aryl methyl sites for hydroxylation is 1. The van der Waals surface area contributed by atoms with Crippen LogP contribution in [0.15, 0.2) is 29.0 Å². The standard InChI is InChI=1S/C19H19BrFN7/c1-2-27-9-15-18(26-27)17(25-19(22)24-15)12-8-28(10-3-4-23-7-10)16-6-14(21)13(20)5-11(12)16/h5-6,8-10,23H,2-4,7H2,1H3,(H2,22,24). The van der Waals surface area contributed by atoms with E-state index in [1.54, 1.807) is 12.1 Å². The van der Waals surface area contributed by atoms with Gasteiger partial charge in [-0.25, -0.2) is 14.4 Å². The van der Waals surface area contributed by atoms with E-state index >= 15 is 0 Å². The summed E-state index contributed by atoms with van der Waals surface area (Å²) in [7, 11) is 0. The lowest BCUT2D eigenvalue weighted by atomic mass is 10.1. The van der Waals surface area contributed by atoms with E-state index in [9.17, 15) is 4.39 Å². The maximum Gasteiger partial charge on any atom is 0.221 e. The molecule has 1 aromatic carbocycles. The lowest BCUT2D eigenvalue weighted by Gasteiger charge is -2.12. The Labute approximate surface area is 168 Å². The number of hydrogen-bond donors (Lipinski definition) is 2. The Bertz CT molecular complexity index is 1210. The summed E-state index contributed by atoms with van der Waals surface area (Å²) in [5, 5.41) is 8.91. The molecule has 3 N–H and O–H groups in total. The number of anilines is 1. The summed E-state index contributed by atoms with van der Waals surface area (Å²) in [5.74, 6) is -0.0882. The second-order valence-electron chi connectivity index (χ2n) is 7.03. The molecule has 1 aliphatic rings. The third-order valence-corrected chi connectivity index (χ3v) is 5.92. The highest BCUT2D eigenvalue weighted by molar-refractivity contribution is 9.10. The molecule has 144 valence electrons. The molecule has 0 saturated carbocycles. The lowest BCUT2D eigenvalue weighted by Crippen LogP contribution is -2.12. The van der Waals surface area contributed by atoms with E-state index in [-0.39, 0.29) is 17.8 Å². The normalized spacial score (nSPS) is 17.2. The zero-order valence-corrected chi connectivity index (χ0v) is 16.9. The largest absolute Gasteiger partial charge is 0.368 e. The summed E-state index contributed by atoms with van der Waals surface area (Å²) in [6.07, 6.45) is 4.90. The number of fused-ring (bicyclic) bond motifs is 2. The predicted octanol–water partition coefficient (Wildman–Crippen LogP) is 3.49. The second kappa shape index (κ2) is 6.52. The highest BCUT2D eigenvalue weighted by Crippen LogP contribution is 2.38. The van der Waals surface area contributed by atoms with E-state index in [4.69, 9.17) is 5.73 Å². The van der Waals surface area contributed by atoms with Crippen LogP contribution in [-0.2, 0) is 6.54 Å². The molecule has 7 nitrogen and oxygen atoms in total. The van der Waals surface area contributed by atoms with E-state index in [0.717, 1.165) is 42.5 Å². The summed E-state index contributed by atoms with van der Waals surface area (Å²) in [5.41, 5.74) is 9.78. The topological polar surface area (TPSA) is 86.6 Å². The van der Waals surface area contributed by atoms with Crippen molar-refractivity contribution in [3.05, 3.63) is 34.8 Å². The van der Waals surface area contributed by atoms with E-state index in [1.807, 2.05) is 24.0 Å². The van der Waals surface area contributed by atoms with E-state index in [1.165, 1.54) is 0 Å². The molecule has 1 fully saturated rings. The molecular formula is C19H19BrFN7. The minimum Gasteiger partial charge on any atom is -0.368 e. The summed E-state index contributed by atoms with van der Waals surface area (Å²) in [4.78, 5) is 8.84. The van der Waals surface area contributed by atoms with Gasteiger partial charge in [0, 0.05) is 36.3 Å². The van der Waals surface area contributed by atoms with Crippen molar-refractivity contribution in [2.45, 2.75) is 25.9 Å². The quantitative estimate of drug-likeness (QED) is 0.505. The third-order valence-electron chi connectivity index (χ3n) is 5.31. The van der Waals surface area contributed by atoms with E-state index < -0.39 is 0 Å². The van der Waals surface area contributed by atoms with Gasteiger partial charge in [0.2, 0.25) is 5.95 Å². The Hall–Kier alpha value is -2.52. The number of halogens is 2. The molecule has 0 aliphatic carbocycles. The first-order valence-electron chi connectivity index (χ1n) is 9.26. The number of nitrogen functional groups attached to an aromatic ring is 1. The van der Waals surface area contributed by atoms with Crippen molar-refractivity contribution in [3.8, 4) is 11.3 Å². The van der Waals surface area contributed by atoms with Crippen LogP contribution in [0.4, 0.5) is 10.3 Å². The first-order valence-corrected chi connectivity index (χ1v) is 10.1. The van der Waals surface area contributed by atoms with Gasteiger partial charge in [-0.3, -0.25) is 4.68 Å². The zero-order valence-electron chi connectivity index (χ0n) is 15.3. The van der Waals surface area contributed by atoms with Gasteiger partial charge in [0.15, 0.2) is 0 Å². The summed E-state index contributed by atoms with van der Waals surface area (Å²) in [6.45, 7) is 4.54. The molecule has 5 rings (SSSR count). The molecule has 4 heterocycles. The van der Waals surface area contributed by atoms with Gasteiger partial charge in [0.05, 0.1) is 16.2 Å². The molecule has 0 radical (unpaired) electrons. The van der Waals surface area contributed by atoms with Gasteiger partial charge in [-0.1, -0.05) is 0 Å². The molecular weight excluding hydrogens is 425 g/mol. The Morgan fingerprint density at radius 1 is 1.32 bits per heavy atom. The number of nitrogens with two attached hydrogens (primary N) is 1. The SMILES string of the molecule is CCn1cc2nc(N)nc(-c3cn(C4CCNC4)c4cc(F)c(Br)cc34)c2n1. The summed E-state index contributed by atoms with van der Waals surface area (Å²) in [6, 6.07) is 3.65. The number of hydrogen-bond acceptors (Lipinski definition) is 5. The number of rotatable bonds is 3.